The van der Waals surface area contributed by atoms with E-state index in [0.29, 0.717) is 5.92 Å². The van der Waals surface area contributed by atoms with E-state index in [0.717, 1.165) is 23.7 Å². The Balaban J connectivity index is 2.05. The van der Waals surface area contributed by atoms with E-state index in [4.69, 9.17) is 6.42 Å². The van der Waals surface area contributed by atoms with Crippen LogP contribution in [0.15, 0.2) is 0 Å². The molecule has 0 aromatic heterocycles. The summed E-state index contributed by atoms with van der Waals surface area (Å²) in [4.78, 5) is 0. The molecule has 0 radical (unpaired) electrons. The third-order valence-electron chi connectivity index (χ3n) is 3.66. The Morgan fingerprint density at radius 3 is 2.11 bits per heavy atom. The zero-order chi connectivity index (χ0) is 6.01. The van der Waals surface area contributed by atoms with Crippen LogP contribution in [0.25, 0.3) is 0 Å². The lowest BCUT2D eigenvalue weighted by atomic mass is 10.00. The quantitative estimate of drug-likeness (QED) is 0.423. The lowest BCUT2D eigenvalue weighted by molar-refractivity contribution is 0.514. The maximum Gasteiger partial charge on any atom is 0.0262 e. The molecule has 0 aromatic rings. The zero-order valence-electron chi connectivity index (χ0n) is 5.38. The Morgan fingerprint density at radius 1 is 1.22 bits per heavy atom. The van der Waals surface area contributed by atoms with Crippen molar-refractivity contribution >= 4 is 0 Å². The van der Waals surface area contributed by atoms with Crippen LogP contribution in [0.2, 0.25) is 0 Å². The molecule has 0 aliphatic heterocycles. The highest BCUT2D eigenvalue weighted by molar-refractivity contribution is 5.23. The van der Waals surface area contributed by atoms with Crippen molar-refractivity contribution < 1.29 is 0 Å². The summed E-state index contributed by atoms with van der Waals surface area (Å²) in [7, 11) is 0. The van der Waals surface area contributed by atoms with Gasteiger partial charge in [0.2, 0.25) is 0 Å². The fourth-order valence-electron chi connectivity index (χ4n) is 3.32. The van der Waals surface area contributed by atoms with E-state index in [1.807, 2.05) is 0 Å². The summed E-state index contributed by atoms with van der Waals surface area (Å²) in [5.74, 6) is 7.80. The van der Waals surface area contributed by atoms with Crippen LogP contribution in [-0.2, 0) is 0 Å². The minimum absolute atomic E-state index is 0.708. The summed E-state index contributed by atoms with van der Waals surface area (Å²) in [6, 6.07) is 0. The fraction of sp³-hybridized carbons (Fsp3) is 0.778. The maximum absolute atomic E-state index is 5.42. The first kappa shape index (κ1) is 4.39. The van der Waals surface area contributed by atoms with Crippen LogP contribution in [-0.4, -0.2) is 0 Å². The molecule has 0 aromatic carbocycles. The van der Waals surface area contributed by atoms with Crippen LogP contribution in [0, 0.1) is 41.9 Å². The van der Waals surface area contributed by atoms with Crippen molar-refractivity contribution in [1.82, 2.24) is 0 Å². The smallest absolute Gasteiger partial charge is 0.0262 e. The summed E-state index contributed by atoms with van der Waals surface area (Å²) in [5.41, 5.74) is 0. The lowest BCUT2D eigenvalue weighted by Gasteiger charge is -2.03. The minimum atomic E-state index is 0.708. The monoisotopic (exact) mass is 118 g/mol. The molecule has 4 bridgehead atoms. The van der Waals surface area contributed by atoms with Crippen LogP contribution in [0.1, 0.15) is 12.8 Å². The minimum Gasteiger partial charge on any atom is -0.120 e. The van der Waals surface area contributed by atoms with Gasteiger partial charge in [-0.3, -0.25) is 0 Å². The van der Waals surface area contributed by atoms with Gasteiger partial charge in [0.1, 0.15) is 0 Å². The van der Waals surface area contributed by atoms with Crippen molar-refractivity contribution in [2.75, 3.05) is 0 Å². The standard InChI is InChI=1S/C9H10/c1-2-6-5-3-7-8(4-5)9(6)7/h1,5-9H,3-4H2/t5?,6?,7-,8?,9?/m0/s1. The van der Waals surface area contributed by atoms with E-state index in [9.17, 15) is 0 Å². The van der Waals surface area contributed by atoms with Crippen molar-refractivity contribution in [3.05, 3.63) is 0 Å². The van der Waals surface area contributed by atoms with E-state index >= 15 is 0 Å². The normalized spacial score (nSPS) is 65.9. The highest BCUT2D eigenvalue weighted by atomic mass is 14.7. The van der Waals surface area contributed by atoms with Gasteiger partial charge in [-0.25, -0.2) is 0 Å². The predicted molar refractivity (Wildman–Crippen MR) is 35.5 cm³/mol. The molecule has 4 fully saturated rings. The molecule has 0 spiro atoms. The summed E-state index contributed by atoms with van der Waals surface area (Å²) in [6.45, 7) is 0. The first-order valence-corrected chi connectivity index (χ1v) is 3.88. The third kappa shape index (κ3) is 0.308. The van der Waals surface area contributed by atoms with Gasteiger partial charge in [-0.15, -0.1) is 12.3 Å². The first-order chi connectivity index (χ1) is 4.42. The van der Waals surface area contributed by atoms with Gasteiger partial charge < -0.3 is 0 Å². The molecule has 0 heterocycles. The maximum atomic E-state index is 5.42. The Labute approximate surface area is 55.6 Å². The van der Waals surface area contributed by atoms with Crippen molar-refractivity contribution in [2.24, 2.45) is 29.6 Å². The molecule has 0 N–H and O–H groups in total. The van der Waals surface area contributed by atoms with Gasteiger partial charge in [-0.1, -0.05) is 0 Å². The second-order valence-corrected chi connectivity index (χ2v) is 3.83. The Morgan fingerprint density at radius 2 is 1.89 bits per heavy atom. The molecular weight excluding hydrogens is 108 g/mol. The molecule has 4 aliphatic rings. The van der Waals surface area contributed by atoms with Gasteiger partial charge in [0.25, 0.3) is 0 Å². The van der Waals surface area contributed by atoms with Gasteiger partial charge in [-0.2, -0.15) is 0 Å². The van der Waals surface area contributed by atoms with E-state index in [-0.39, 0.29) is 0 Å². The number of hydrogen-bond donors (Lipinski definition) is 0. The van der Waals surface area contributed by atoms with Crippen LogP contribution >= 0.6 is 0 Å². The molecule has 4 rings (SSSR count). The number of rotatable bonds is 0. The average Bonchev–Trinajstić information content (AvgIpc) is 2.40. The second kappa shape index (κ2) is 1.06. The Bertz CT molecular complexity index is 185. The number of hydrogen-bond acceptors (Lipinski definition) is 0. The van der Waals surface area contributed by atoms with Crippen LogP contribution < -0.4 is 0 Å². The third-order valence-corrected chi connectivity index (χ3v) is 3.66. The van der Waals surface area contributed by atoms with E-state index in [1.54, 1.807) is 0 Å². The van der Waals surface area contributed by atoms with Crippen LogP contribution in [0.4, 0.5) is 0 Å². The van der Waals surface area contributed by atoms with Gasteiger partial charge in [-0.05, 0) is 36.5 Å². The largest absolute Gasteiger partial charge is 0.120 e. The Kier molecular flexibility index (Phi) is 0.514. The first-order valence-electron chi connectivity index (χ1n) is 3.88. The molecule has 9 heavy (non-hydrogen) atoms. The van der Waals surface area contributed by atoms with Gasteiger partial charge >= 0.3 is 0 Å². The van der Waals surface area contributed by atoms with E-state index in [2.05, 4.69) is 5.92 Å². The lowest BCUT2D eigenvalue weighted by Crippen LogP contribution is -1.99. The Hall–Kier alpha value is -0.440. The molecule has 5 atom stereocenters. The topological polar surface area (TPSA) is 0 Å². The highest BCUT2D eigenvalue weighted by Gasteiger charge is 2.67. The van der Waals surface area contributed by atoms with Crippen LogP contribution in [0.3, 0.4) is 0 Å². The predicted octanol–water partition coefficient (Wildman–Crippen LogP) is 1.52. The number of terminal acetylenes is 1. The summed E-state index contributed by atoms with van der Waals surface area (Å²) in [6.07, 6.45) is 8.37. The van der Waals surface area contributed by atoms with Gasteiger partial charge in [0, 0.05) is 5.92 Å². The summed E-state index contributed by atoms with van der Waals surface area (Å²) >= 11 is 0. The van der Waals surface area contributed by atoms with Crippen molar-refractivity contribution in [2.45, 2.75) is 12.8 Å². The molecule has 0 nitrogen and oxygen atoms in total. The molecular formula is C9H10. The van der Waals surface area contributed by atoms with Gasteiger partial charge in [0.05, 0.1) is 0 Å². The van der Waals surface area contributed by atoms with E-state index in [1.165, 1.54) is 12.8 Å². The van der Waals surface area contributed by atoms with Crippen molar-refractivity contribution in [3.8, 4) is 12.3 Å². The molecule has 0 saturated heterocycles. The van der Waals surface area contributed by atoms with Crippen LogP contribution in [0.5, 0.6) is 0 Å². The molecule has 4 aliphatic carbocycles. The second-order valence-electron chi connectivity index (χ2n) is 3.83. The molecule has 46 valence electrons. The molecule has 0 heteroatoms. The average molecular weight is 118 g/mol. The van der Waals surface area contributed by atoms with Crippen molar-refractivity contribution in [1.29, 1.82) is 0 Å². The summed E-state index contributed by atoms with van der Waals surface area (Å²) < 4.78 is 0. The molecule has 4 unspecified atom stereocenters. The zero-order valence-corrected chi connectivity index (χ0v) is 5.38. The fourth-order valence-corrected chi connectivity index (χ4v) is 3.32. The highest BCUT2D eigenvalue weighted by Crippen LogP contribution is 2.72. The summed E-state index contributed by atoms with van der Waals surface area (Å²) in [5, 5.41) is 0. The molecule has 4 saturated carbocycles. The van der Waals surface area contributed by atoms with Crippen molar-refractivity contribution in [3.63, 3.8) is 0 Å². The van der Waals surface area contributed by atoms with E-state index < -0.39 is 0 Å². The molecule has 0 amide bonds. The van der Waals surface area contributed by atoms with Gasteiger partial charge in [0.15, 0.2) is 0 Å². The SMILES string of the molecule is C#CC1C2CC3C1[C@H]3C2.